The predicted molar refractivity (Wildman–Crippen MR) is 87.1 cm³/mol. The van der Waals surface area contributed by atoms with Crippen LogP contribution in [-0.4, -0.2) is 34.7 Å². The summed E-state index contributed by atoms with van der Waals surface area (Å²) in [4.78, 5) is 7.12. The zero-order chi connectivity index (χ0) is 15.8. The van der Waals surface area contributed by atoms with Gasteiger partial charge in [0.2, 0.25) is 0 Å². The molecule has 0 saturated heterocycles. The van der Waals surface area contributed by atoms with Crippen LogP contribution in [0.25, 0.3) is 0 Å². The van der Waals surface area contributed by atoms with E-state index in [-0.39, 0.29) is 0 Å². The van der Waals surface area contributed by atoms with Crippen molar-refractivity contribution in [1.29, 1.82) is 0 Å². The first-order valence-corrected chi connectivity index (χ1v) is 8.53. The fraction of sp³-hybridized carbons (Fsp3) is 0.611. The molecule has 0 bridgehead atoms. The van der Waals surface area contributed by atoms with Crippen molar-refractivity contribution in [1.82, 2.24) is 14.5 Å². The molecule has 0 radical (unpaired) electrons. The minimum absolute atomic E-state index is 0.390. The van der Waals surface area contributed by atoms with E-state index in [9.17, 15) is 0 Å². The molecule has 0 amide bonds. The number of furan rings is 1. The lowest BCUT2D eigenvalue weighted by atomic mass is 9.98. The number of imidazole rings is 1. The van der Waals surface area contributed by atoms with Crippen LogP contribution in [0.15, 0.2) is 22.9 Å². The highest BCUT2D eigenvalue weighted by molar-refractivity contribution is 5.23. The monoisotopic (exact) mass is 315 g/mol. The Bertz CT molecular complexity index is 672. The van der Waals surface area contributed by atoms with Gasteiger partial charge in [-0.2, -0.15) is 0 Å². The summed E-state index contributed by atoms with van der Waals surface area (Å²) in [5, 5.41) is 0. The van der Waals surface area contributed by atoms with E-state index < -0.39 is 0 Å². The highest BCUT2D eigenvalue weighted by atomic mass is 16.5. The highest BCUT2D eigenvalue weighted by Gasteiger charge is 2.32. The summed E-state index contributed by atoms with van der Waals surface area (Å²) in [6.45, 7) is 6.59. The van der Waals surface area contributed by atoms with Crippen LogP contribution in [0.2, 0.25) is 0 Å². The third-order valence-corrected chi connectivity index (χ3v) is 4.89. The van der Waals surface area contributed by atoms with Crippen LogP contribution in [0, 0.1) is 12.8 Å². The number of fused-ring (bicyclic) bond motifs is 1. The van der Waals surface area contributed by atoms with Gasteiger partial charge in [-0.05, 0) is 37.8 Å². The number of rotatable bonds is 6. The fourth-order valence-corrected chi connectivity index (χ4v) is 3.67. The molecule has 2 aromatic rings. The Labute approximate surface area is 137 Å². The van der Waals surface area contributed by atoms with Crippen molar-refractivity contribution in [2.75, 3.05) is 20.3 Å². The second kappa shape index (κ2) is 6.13. The summed E-state index contributed by atoms with van der Waals surface area (Å²) < 4.78 is 13.6. The number of nitrogens with zero attached hydrogens (tertiary/aromatic N) is 3. The Hall–Kier alpha value is -1.59. The normalized spacial score (nSPS) is 21.6. The Morgan fingerprint density at radius 3 is 2.91 bits per heavy atom. The lowest BCUT2D eigenvalue weighted by molar-refractivity contribution is 0.127. The highest BCUT2D eigenvalue weighted by Crippen LogP contribution is 2.34. The summed E-state index contributed by atoms with van der Waals surface area (Å²) in [5.74, 6) is 3.25. The first-order valence-electron chi connectivity index (χ1n) is 8.53. The zero-order valence-corrected chi connectivity index (χ0v) is 14.0. The molecule has 1 aliphatic heterocycles. The summed E-state index contributed by atoms with van der Waals surface area (Å²) in [5.41, 5.74) is 2.60. The molecule has 1 aliphatic carbocycles. The molecule has 5 heteroatoms. The third-order valence-electron chi connectivity index (χ3n) is 4.89. The Morgan fingerprint density at radius 2 is 2.22 bits per heavy atom. The molecular weight excluding hydrogens is 290 g/mol. The standard InChI is InChI=1S/C18H25N3O2/c1-13-3-6-16(23-13)9-20-8-15(11-22-2)18-17(10-20)19-12-21(18)7-14-4-5-14/h3,6,12,14-15H,4-5,7-11H2,1-2H3/t15-/m0/s1. The SMILES string of the molecule is COC[C@@H]1CN(Cc2ccc(C)o2)Cc2ncn(CC3CC3)c21. The fourth-order valence-electron chi connectivity index (χ4n) is 3.67. The first-order chi connectivity index (χ1) is 11.2. The topological polar surface area (TPSA) is 43.4 Å². The summed E-state index contributed by atoms with van der Waals surface area (Å²) >= 11 is 0. The van der Waals surface area contributed by atoms with Crippen LogP contribution in [0.1, 0.15) is 41.7 Å². The molecule has 1 saturated carbocycles. The van der Waals surface area contributed by atoms with Gasteiger partial charge in [-0.1, -0.05) is 0 Å². The van der Waals surface area contributed by atoms with Crippen LogP contribution in [-0.2, 0) is 24.4 Å². The van der Waals surface area contributed by atoms with E-state index in [1.54, 1.807) is 7.11 Å². The zero-order valence-electron chi connectivity index (χ0n) is 14.0. The number of aromatic nitrogens is 2. The number of hydrogen-bond donors (Lipinski definition) is 0. The predicted octanol–water partition coefficient (Wildman–Crippen LogP) is 2.94. The molecule has 0 spiro atoms. The molecule has 0 unspecified atom stereocenters. The maximum absolute atomic E-state index is 5.74. The lowest BCUT2D eigenvalue weighted by Crippen LogP contribution is -2.36. The van der Waals surface area contributed by atoms with E-state index >= 15 is 0 Å². The minimum atomic E-state index is 0.390. The van der Waals surface area contributed by atoms with Gasteiger partial charge in [0.25, 0.3) is 0 Å². The van der Waals surface area contributed by atoms with Crippen LogP contribution >= 0.6 is 0 Å². The van der Waals surface area contributed by atoms with Gasteiger partial charge in [-0.3, -0.25) is 4.90 Å². The lowest BCUT2D eigenvalue weighted by Gasteiger charge is -2.32. The number of methoxy groups -OCH3 is 1. The van der Waals surface area contributed by atoms with Crippen LogP contribution < -0.4 is 0 Å². The van der Waals surface area contributed by atoms with E-state index in [1.165, 1.54) is 24.2 Å². The molecule has 2 aromatic heterocycles. The van der Waals surface area contributed by atoms with Gasteiger partial charge < -0.3 is 13.7 Å². The van der Waals surface area contributed by atoms with Gasteiger partial charge in [0, 0.05) is 38.4 Å². The van der Waals surface area contributed by atoms with Gasteiger partial charge in [0.15, 0.2) is 0 Å². The van der Waals surface area contributed by atoms with Crippen molar-refractivity contribution >= 4 is 0 Å². The molecule has 1 atom stereocenters. The van der Waals surface area contributed by atoms with E-state index in [0.717, 1.165) is 50.2 Å². The molecule has 0 N–H and O–H groups in total. The Morgan fingerprint density at radius 1 is 1.35 bits per heavy atom. The molecule has 124 valence electrons. The number of aryl methyl sites for hydroxylation is 1. The van der Waals surface area contributed by atoms with Crippen molar-refractivity contribution in [2.24, 2.45) is 5.92 Å². The van der Waals surface area contributed by atoms with Crippen molar-refractivity contribution in [3.63, 3.8) is 0 Å². The number of hydrogen-bond acceptors (Lipinski definition) is 4. The summed E-state index contributed by atoms with van der Waals surface area (Å²) in [7, 11) is 1.79. The van der Waals surface area contributed by atoms with Gasteiger partial charge in [-0.25, -0.2) is 4.98 Å². The summed E-state index contributed by atoms with van der Waals surface area (Å²) in [6.07, 6.45) is 4.77. The van der Waals surface area contributed by atoms with E-state index in [0.29, 0.717) is 5.92 Å². The van der Waals surface area contributed by atoms with Gasteiger partial charge in [-0.15, -0.1) is 0 Å². The second-order valence-corrected chi connectivity index (χ2v) is 7.01. The van der Waals surface area contributed by atoms with Gasteiger partial charge in [0.1, 0.15) is 11.5 Å². The van der Waals surface area contributed by atoms with E-state index in [1.807, 2.05) is 19.3 Å². The maximum atomic E-state index is 5.74. The van der Waals surface area contributed by atoms with Gasteiger partial charge >= 0.3 is 0 Å². The molecule has 3 heterocycles. The first kappa shape index (κ1) is 15.0. The Kier molecular flexibility index (Phi) is 3.99. The molecule has 1 fully saturated rings. The number of ether oxygens (including phenoxy) is 1. The largest absolute Gasteiger partial charge is 0.465 e. The van der Waals surface area contributed by atoms with Crippen molar-refractivity contribution in [3.05, 3.63) is 41.4 Å². The smallest absolute Gasteiger partial charge is 0.118 e. The minimum Gasteiger partial charge on any atom is -0.465 e. The molecule has 23 heavy (non-hydrogen) atoms. The van der Waals surface area contributed by atoms with Crippen LogP contribution in [0.3, 0.4) is 0 Å². The maximum Gasteiger partial charge on any atom is 0.118 e. The summed E-state index contributed by atoms with van der Waals surface area (Å²) in [6, 6.07) is 4.10. The quantitative estimate of drug-likeness (QED) is 0.822. The molecule has 4 rings (SSSR count). The van der Waals surface area contributed by atoms with Gasteiger partial charge in [0.05, 0.1) is 25.2 Å². The van der Waals surface area contributed by atoms with Crippen molar-refractivity contribution in [2.45, 2.75) is 45.3 Å². The average molecular weight is 315 g/mol. The second-order valence-electron chi connectivity index (χ2n) is 7.01. The van der Waals surface area contributed by atoms with Crippen molar-refractivity contribution in [3.8, 4) is 0 Å². The van der Waals surface area contributed by atoms with E-state index in [4.69, 9.17) is 14.1 Å². The molecular formula is C18H25N3O2. The van der Waals surface area contributed by atoms with E-state index in [2.05, 4.69) is 15.5 Å². The van der Waals surface area contributed by atoms with Crippen LogP contribution in [0.4, 0.5) is 0 Å². The molecule has 2 aliphatic rings. The van der Waals surface area contributed by atoms with Crippen LogP contribution in [0.5, 0.6) is 0 Å². The molecule has 0 aromatic carbocycles. The van der Waals surface area contributed by atoms with Crippen molar-refractivity contribution < 1.29 is 9.15 Å². The Balaban J connectivity index is 1.54. The third kappa shape index (κ3) is 3.21. The molecule has 5 nitrogen and oxygen atoms in total. The average Bonchev–Trinajstić information content (AvgIpc) is 3.11.